The van der Waals surface area contributed by atoms with Gasteiger partial charge in [-0.3, -0.25) is 0 Å². The number of nitrogens with one attached hydrogen (secondary N) is 2. The second kappa shape index (κ2) is 6.64. The molecule has 0 spiro atoms. The number of hydrogen-bond acceptors (Lipinski definition) is 4. The summed E-state index contributed by atoms with van der Waals surface area (Å²) in [7, 11) is 0. The van der Waals surface area contributed by atoms with Crippen LogP contribution in [0.1, 0.15) is 51.4 Å². The minimum atomic E-state index is 0.0105. The van der Waals surface area contributed by atoms with Crippen LogP contribution in [0.3, 0.4) is 0 Å². The molecule has 1 unspecified atom stereocenters. The van der Waals surface area contributed by atoms with E-state index in [0.29, 0.717) is 12.6 Å². The molecule has 1 aromatic heterocycles. The second-order valence-corrected chi connectivity index (χ2v) is 9.99. The van der Waals surface area contributed by atoms with E-state index in [1.54, 1.807) is 0 Å². The van der Waals surface area contributed by atoms with Crippen LogP contribution in [0.15, 0.2) is 28.7 Å². The van der Waals surface area contributed by atoms with Crippen molar-refractivity contribution in [2.24, 2.45) is 17.8 Å². The van der Waals surface area contributed by atoms with Gasteiger partial charge in [0.05, 0.1) is 6.04 Å². The van der Waals surface area contributed by atoms with Crippen LogP contribution in [0.2, 0.25) is 0 Å². The number of rotatable bonds is 4. The molecule has 2 amide bonds. The van der Waals surface area contributed by atoms with E-state index in [0.717, 1.165) is 48.2 Å². The number of amides is 2. The van der Waals surface area contributed by atoms with Crippen LogP contribution in [-0.4, -0.2) is 35.7 Å². The fourth-order valence-corrected chi connectivity index (χ4v) is 7.04. The molecule has 1 saturated heterocycles. The summed E-state index contributed by atoms with van der Waals surface area (Å²) in [5, 5.41) is 6.59. The van der Waals surface area contributed by atoms with Crippen LogP contribution in [0.5, 0.6) is 0 Å². The highest BCUT2D eigenvalue weighted by Crippen LogP contribution is 2.55. The molecule has 2 N–H and O–H groups in total. The fourth-order valence-electron chi connectivity index (χ4n) is 7.04. The Morgan fingerprint density at radius 2 is 1.86 bits per heavy atom. The maximum Gasteiger partial charge on any atom is 0.315 e. The molecule has 6 nitrogen and oxygen atoms in total. The number of hydrogen-bond donors (Lipinski definition) is 2. The number of benzene rings is 1. The third-order valence-corrected chi connectivity index (χ3v) is 7.82. The summed E-state index contributed by atoms with van der Waals surface area (Å²) in [5.41, 5.74) is 1.77. The monoisotopic (exact) mass is 394 g/mol. The average Bonchev–Trinajstić information content (AvgIpc) is 3.31. The molecule has 1 aromatic carbocycles. The molecule has 2 heterocycles. The van der Waals surface area contributed by atoms with Crippen molar-refractivity contribution >= 4 is 23.1 Å². The van der Waals surface area contributed by atoms with Crippen molar-refractivity contribution in [1.29, 1.82) is 0 Å². The molecular formula is C23H30N4O2. The van der Waals surface area contributed by atoms with E-state index in [9.17, 15) is 4.79 Å². The van der Waals surface area contributed by atoms with Crippen molar-refractivity contribution in [2.45, 2.75) is 62.9 Å². The van der Waals surface area contributed by atoms with E-state index in [1.165, 1.54) is 38.5 Å². The van der Waals surface area contributed by atoms with Gasteiger partial charge in [-0.15, -0.1) is 0 Å². The molecule has 0 radical (unpaired) electrons. The molecule has 7 rings (SSSR count). The zero-order valence-corrected chi connectivity index (χ0v) is 16.9. The van der Waals surface area contributed by atoms with Gasteiger partial charge in [-0.05, 0) is 81.3 Å². The van der Waals surface area contributed by atoms with Crippen molar-refractivity contribution in [1.82, 2.24) is 15.6 Å². The van der Waals surface area contributed by atoms with Crippen LogP contribution in [0.25, 0.3) is 11.1 Å². The first-order valence-corrected chi connectivity index (χ1v) is 11.3. The molecule has 1 atom stereocenters. The Kier molecular flexibility index (Phi) is 4.03. The van der Waals surface area contributed by atoms with Crippen molar-refractivity contribution in [3.63, 3.8) is 0 Å². The van der Waals surface area contributed by atoms with Crippen LogP contribution in [0, 0.1) is 17.8 Å². The highest BCUT2D eigenvalue weighted by molar-refractivity contribution is 5.75. The molecular weight excluding hydrogens is 364 g/mol. The molecule has 2 aromatic rings. The van der Waals surface area contributed by atoms with Gasteiger partial charge in [-0.2, -0.15) is 4.98 Å². The number of fused-ring (bicyclic) bond motifs is 1. The van der Waals surface area contributed by atoms with Gasteiger partial charge in [0.15, 0.2) is 5.58 Å². The van der Waals surface area contributed by atoms with Crippen molar-refractivity contribution in [3.8, 4) is 0 Å². The van der Waals surface area contributed by atoms with E-state index in [1.807, 2.05) is 24.3 Å². The molecule has 29 heavy (non-hydrogen) atoms. The predicted octanol–water partition coefficient (Wildman–Crippen LogP) is 4.06. The van der Waals surface area contributed by atoms with Gasteiger partial charge in [0.25, 0.3) is 6.01 Å². The maximum absolute atomic E-state index is 12.8. The first kappa shape index (κ1) is 17.6. The standard InChI is InChI=1S/C23H30N4O2/c28-21(26-23-11-15-8-16(12-23)10-17(9-15)13-23)24-14-18-4-3-7-27(18)22-25-19-5-1-2-6-20(19)29-22/h1-2,5-6,15-18H,3-4,7-14H2,(H2,24,26,28). The molecule has 1 aliphatic heterocycles. The van der Waals surface area contributed by atoms with Crippen molar-refractivity contribution in [3.05, 3.63) is 24.3 Å². The minimum absolute atomic E-state index is 0.0105. The van der Waals surface area contributed by atoms with Crippen molar-refractivity contribution in [2.75, 3.05) is 18.0 Å². The van der Waals surface area contributed by atoms with Gasteiger partial charge < -0.3 is 20.0 Å². The third-order valence-electron chi connectivity index (χ3n) is 7.82. The zero-order valence-electron chi connectivity index (χ0n) is 16.9. The lowest BCUT2D eigenvalue weighted by Gasteiger charge is -2.56. The third kappa shape index (κ3) is 3.17. The Balaban J connectivity index is 1.09. The Morgan fingerprint density at radius 3 is 2.59 bits per heavy atom. The smallest absolute Gasteiger partial charge is 0.315 e. The van der Waals surface area contributed by atoms with Gasteiger partial charge in [0, 0.05) is 18.6 Å². The number of aromatic nitrogens is 1. The predicted molar refractivity (Wildman–Crippen MR) is 112 cm³/mol. The number of urea groups is 1. The van der Waals surface area contributed by atoms with Crippen molar-refractivity contribution < 1.29 is 9.21 Å². The van der Waals surface area contributed by atoms with Crippen LogP contribution in [0.4, 0.5) is 10.8 Å². The number of nitrogens with zero attached hydrogens (tertiary/aromatic N) is 2. The topological polar surface area (TPSA) is 70.4 Å². The summed E-state index contributed by atoms with van der Waals surface area (Å²) in [6.45, 7) is 1.56. The van der Waals surface area contributed by atoms with E-state index >= 15 is 0 Å². The maximum atomic E-state index is 12.8. The average molecular weight is 395 g/mol. The van der Waals surface area contributed by atoms with Crippen LogP contribution in [-0.2, 0) is 0 Å². The summed E-state index contributed by atoms with van der Waals surface area (Å²) < 4.78 is 5.97. The Hall–Kier alpha value is -2.24. The molecule has 4 saturated carbocycles. The summed E-state index contributed by atoms with van der Waals surface area (Å²) in [6, 6.07) is 8.80. The Morgan fingerprint density at radius 1 is 1.14 bits per heavy atom. The fraction of sp³-hybridized carbons (Fsp3) is 0.652. The van der Waals surface area contributed by atoms with Gasteiger partial charge in [0.2, 0.25) is 0 Å². The molecule has 154 valence electrons. The zero-order chi connectivity index (χ0) is 19.4. The van der Waals surface area contributed by atoms with E-state index in [-0.39, 0.29) is 17.6 Å². The lowest BCUT2D eigenvalue weighted by Crippen LogP contribution is -2.61. The number of anilines is 1. The molecule has 4 bridgehead atoms. The summed E-state index contributed by atoms with van der Waals surface area (Å²) in [6.07, 6.45) is 9.89. The summed E-state index contributed by atoms with van der Waals surface area (Å²) in [4.78, 5) is 19.7. The first-order chi connectivity index (χ1) is 14.2. The Labute approximate surface area is 171 Å². The number of carbonyl (C=O) groups is 1. The van der Waals surface area contributed by atoms with Crippen LogP contribution < -0.4 is 15.5 Å². The highest BCUT2D eigenvalue weighted by Gasteiger charge is 2.51. The number of para-hydroxylation sites is 2. The number of carbonyl (C=O) groups excluding carboxylic acids is 1. The molecule has 5 fully saturated rings. The van der Waals surface area contributed by atoms with Gasteiger partial charge in [0.1, 0.15) is 5.52 Å². The van der Waals surface area contributed by atoms with Gasteiger partial charge >= 0.3 is 6.03 Å². The normalized spacial score (nSPS) is 35.4. The number of oxazole rings is 1. The lowest BCUT2D eigenvalue weighted by atomic mass is 9.53. The summed E-state index contributed by atoms with van der Waals surface area (Å²) >= 11 is 0. The molecule has 4 aliphatic carbocycles. The first-order valence-electron chi connectivity index (χ1n) is 11.3. The SMILES string of the molecule is O=C(NCC1CCCN1c1nc2ccccc2o1)NC12CC3CC(CC(C3)C1)C2. The molecule has 6 heteroatoms. The lowest BCUT2D eigenvalue weighted by molar-refractivity contribution is -0.0135. The van der Waals surface area contributed by atoms with E-state index in [2.05, 4.69) is 20.5 Å². The van der Waals surface area contributed by atoms with Gasteiger partial charge in [-0.25, -0.2) is 4.79 Å². The van der Waals surface area contributed by atoms with E-state index in [4.69, 9.17) is 4.42 Å². The van der Waals surface area contributed by atoms with Crippen LogP contribution >= 0.6 is 0 Å². The largest absolute Gasteiger partial charge is 0.423 e. The minimum Gasteiger partial charge on any atom is -0.423 e. The van der Waals surface area contributed by atoms with E-state index < -0.39 is 0 Å². The highest BCUT2D eigenvalue weighted by atomic mass is 16.4. The Bertz CT molecular complexity index is 854. The summed E-state index contributed by atoms with van der Waals surface area (Å²) in [5.74, 6) is 2.52. The second-order valence-electron chi connectivity index (χ2n) is 9.99. The molecule has 5 aliphatic rings. The van der Waals surface area contributed by atoms with Gasteiger partial charge in [-0.1, -0.05) is 12.1 Å². The quantitative estimate of drug-likeness (QED) is 0.820.